The Morgan fingerprint density at radius 3 is 1.45 bits per heavy atom. The van der Waals surface area contributed by atoms with Gasteiger partial charge in [0, 0.05) is 5.46 Å². The van der Waals surface area contributed by atoms with Crippen molar-refractivity contribution in [2.75, 3.05) is 0 Å². The van der Waals surface area contributed by atoms with Crippen LogP contribution in [-0.2, 0) is 0 Å². The van der Waals surface area contributed by atoms with Gasteiger partial charge < -0.3 is 9.47 Å². The van der Waals surface area contributed by atoms with Gasteiger partial charge >= 0.3 is 0 Å². The predicted octanol–water partition coefficient (Wildman–Crippen LogP) is 9.72. The van der Waals surface area contributed by atoms with Crippen molar-refractivity contribution in [3.8, 4) is 56.4 Å². The molecule has 0 fully saturated rings. The predicted molar refractivity (Wildman–Crippen MR) is 195 cm³/mol. The summed E-state index contributed by atoms with van der Waals surface area (Å²) in [4.78, 5) is 0. The van der Waals surface area contributed by atoms with Crippen molar-refractivity contribution >= 4 is 44.6 Å². The van der Waals surface area contributed by atoms with E-state index in [1.54, 1.807) is 0 Å². The van der Waals surface area contributed by atoms with Gasteiger partial charge in [-0.05, 0) is 90.1 Å². The highest BCUT2D eigenvalue weighted by molar-refractivity contribution is 6.98. The maximum absolute atomic E-state index is 6.56. The van der Waals surface area contributed by atoms with E-state index < -0.39 is 0 Å². The molecule has 2 heterocycles. The number of rotatable bonds is 3. The van der Waals surface area contributed by atoms with Crippen molar-refractivity contribution in [2.24, 2.45) is 0 Å². The fraction of sp³-hybridized carbons (Fsp3) is 0. The molecule has 0 saturated carbocycles. The maximum Gasteiger partial charge on any atom is 0.260 e. The summed E-state index contributed by atoms with van der Waals surface area (Å²) >= 11 is 0. The first-order chi connectivity index (χ1) is 23.3. The van der Waals surface area contributed by atoms with Crippen LogP contribution in [0.25, 0.3) is 54.9 Å². The van der Waals surface area contributed by atoms with Gasteiger partial charge in [0.25, 0.3) is 6.71 Å². The highest BCUT2D eigenvalue weighted by Gasteiger charge is 2.39. The lowest BCUT2D eigenvalue weighted by Gasteiger charge is -2.32. The Morgan fingerprint density at radius 2 is 0.787 bits per heavy atom. The van der Waals surface area contributed by atoms with Gasteiger partial charge in [0.1, 0.15) is 23.0 Å². The Labute approximate surface area is 273 Å². The molecule has 0 amide bonds. The third-order valence-corrected chi connectivity index (χ3v) is 9.81. The molecule has 2 aliphatic heterocycles. The van der Waals surface area contributed by atoms with Crippen LogP contribution < -0.4 is 25.9 Å². The Hall–Kier alpha value is -6.06. The largest absolute Gasteiger partial charge is 0.458 e. The molecule has 0 saturated heterocycles. The summed E-state index contributed by atoms with van der Waals surface area (Å²) in [6.07, 6.45) is 0. The molecule has 0 radical (unpaired) electrons. The smallest absolute Gasteiger partial charge is 0.260 e. The quantitative estimate of drug-likeness (QED) is 0.149. The fourth-order valence-electron chi connectivity index (χ4n) is 7.74. The number of para-hydroxylation sites is 1. The molecule has 0 aliphatic carbocycles. The topological polar surface area (TPSA) is 18.5 Å². The summed E-state index contributed by atoms with van der Waals surface area (Å²) in [6, 6.07) is 58.5. The van der Waals surface area contributed by atoms with E-state index in [-0.39, 0.29) is 6.71 Å². The van der Waals surface area contributed by atoms with Crippen molar-refractivity contribution in [2.45, 2.75) is 0 Å². The molecule has 0 N–H and O–H groups in total. The zero-order valence-electron chi connectivity index (χ0n) is 25.5. The molecule has 10 rings (SSSR count). The Balaban J connectivity index is 1.09. The van der Waals surface area contributed by atoms with Gasteiger partial charge in [0.05, 0.1) is 0 Å². The molecule has 0 bridgehead atoms. The Bertz CT molecular complexity index is 2460. The molecule has 0 spiro atoms. The van der Waals surface area contributed by atoms with Crippen molar-refractivity contribution in [1.82, 2.24) is 0 Å². The second-order valence-corrected chi connectivity index (χ2v) is 12.4. The first-order valence-corrected chi connectivity index (χ1v) is 16.1. The van der Waals surface area contributed by atoms with Crippen molar-refractivity contribution in [1.29, 1.82) is 0 Å². The van der Waals surface area contributed by atoms with E-state index >= 15 is 0 Å². The average Bonchev–Trinajstić information content (AvgIpc) is 3.14. The van der Waals surface area contributed by atoms with Crippen LogP contribution in [0.4, 0.5) is 0 Å². The lowest BCUT2D eigenvalue weighted by molar-refractivity contribution is 0.464. The van der Waals surface area contributed by atoms with E-state index in [1.165, 1.54) is 49.3 Å². The highest BCUT2D eigenvalue weighted by atomic mass is 16.5. The number of benzene rings is 8. The highest BCUT2D eigenvalue weighted by Crippen LogP contribution is 2.44. The van der Waals surface area contributed by atoms with Gasteiger partial charge in [-0.25, -0.2) is 0 Å². The van der Waals surface area contributed by atoms with Crippen LogP contribution in [0.3, 0.4) is 0 Å². The number of hydrogen-bond acceptors (Lipinski definition) is 2. The summed E-state index contributed by atoms with van der Waals surface area (Å²) in [5.74, 6) is 3.53. The van der Waals surface area contributed by atoms with E-state index in [9.17, 15) is 0 Å². The van der Waals surface area contributed by atoms with E-state index in [0.717, 1.165) is 45.1 Å². The van der Waals surface area contributed by atoms with E-state index in [2.05, 4.69) is 140 Å². The van der Waals surface area contributed by atoms with Crippen LogP contribution in [-0.4, -0.2) is 6.71 Å². The van der Waals surface area contributed by atoms with Gasteiger partial charge in [-0.1, -0.05) is 140 Å². The second kappa shape index (κ2) is 10.2. The van der Waals surface area contributed by atoms with Crippen LogP contribution in [0.2, 0.25) is 0 Å². The molecule has 0 unspecified atom stereocenters. The van der Waals surface area contributed by atoms with Gasteiger partial charge in [-0.2, -0.15) is 0 Å². The first kappa shape index (κ1) is 26.2. The molecule has 0 atom stereocenters. The molecule has 8 aromatic carbocycles. The summed E-state index contributed by atoms with van der Waals surface area (Å²) in [7, 11) is 0. The lowest BCUT2D eigenvalue weighted by atomic mass is 9.35. The minimum atomic E-state index is 0.0757. The summed E-state index contributed by atoms with van der Waals surface area (Å²) in [5.41, 5.74) is 10.7. The molecule has 47 heavy (non-hydrogen) atoms. The van der Waals surface area contributed by atoms with Crippen molar-refractivity contribution in [3.05, 3.63) is 164 Å². The molecule has 2 aliphatic rings. The molecular formula is C44H27BO2. The molecular weight excluding hydrogens is 571 g/mol. The third-order valence-electron chi connectivity index (χ3n) is 9.81. The minimum absolute atomic E-state index is 0.0757. The zero-order chi connectivity index (χ0) is 30.9. The van der Waals surface area contributed by atoms with E-state index in [0.29, 0.717) is 0 Å². The molecule has 218 valence electrons. The van der Waals surface area contributed by atoms with Crippen LogP contribution in [0.5, 0.6) is 23.0 Å². The zero-order valence-corrected chi connectivity index (χ0v) is 25.5. The average molecular weight is 599 g/mol. The fourth-order valence-corrected chi connectivity index (χ4v) is 7.74. The van der Waals surface area contributed by atoms with Crippen LogP contribution in [0.1, 0.15) is 0 Å². The molecule has 3 heteroatoms. The minimum Gasteiger partial charge on any atom is -0.458 e. The monoisotopic (exact) mass is 598 g/mol. The first-order valence-electron chi connectivity index (χ1n) is 16.1. The van der Waals surface area contributed by atoms with Crippen LogP contribution in [0, 0.1) is 0 Å². The van der Waals surface area contributed by atoms with E-state index in [1.807, 2.05) is 24.3 Å². The van der Waals surface area contributed by atoms with Gasteiger partial charge in [-0.15, -0.1) is 0 Å². The second-order valence-electron chi connectivity index (χ2n) is 12.4. The summed E-state index contributed by atoms with van der Waals surface area (Å²) in [6.45, 7) is 0.0757. The number of fused-ring (bicyclic) bond motifs is 6. The summed E-state index contributed by atoms with van der Waals surface area (Å²) < 4.78 is 12.8. The standard InChI is InChI=1S/C44H27BO2/c1-2-11-29(12-3-1)42-32-13-4-6-15-34(32)43(35-16-7-5-14-33(35)42)30-23-21-28(22-24-30)31-25-26-37-41(27-31)47-40-20-10-19-39-44(40)45(37)36-17-8-9-18-38(36)46-39/h1-27H. The van der Waals surface area contributed by atoms with Gasteiger partial charge in [0.15, 0.2) is 0 Å². The van der Waals surface area contributed by atoms with Crippen LogP contribution in [0.15, 0.2) is 164 Å². The summed E-state index contributed by atoms with van der Waals surface area (Å²) in [5, 5.41) is 5.05. The molecule has 8 aromatic rings. The van der Waals surface area contributed by atoms with Gasteiger partial charge in [0.2, 0.25) is 0 Å². The normalized spacial score (nSPS) is 12.6. The van der Waals surface area contributed by atoms with Crippen molar-refractivity contribution in [3.63, 3.8) is 0 Å². The van der Waals surface area contributed by atoms with Crippen molar-refractivity contribution < 1.29 is 9.47 Å². The molecule has 2 nitrogen and oxygen atoms in total. The van der Waals surface area contributed by atoms with E-state index in [4.69, 9.17) is 9.47 Å². The molecule has 0 aromatic heterocycles. The maximum atomic E-state index is 6.56. The number of ether oxygens (including phenoxy) is 2. The number of hydrogen-bond donors (Lipinski definition) is 0. The van der Waals surface area contributed by atoms with Gasteiger partial charge in [-0.3, -0.25) is 0 Å². The Kier molecular flexibility index (Phi) is 5.70. The van der Waals surface area contributed by atoms with Crippen LogP contribution >= 0.6 is 0 Å². The lowest BCUT2D eigenvalue weighted by Crippen LogP contribution is -2.57. The third kappa shape index (κ3) is 4.00. The Morgan fingerprint density at radius 1 is 0.319 bits per heavy atom. The SMILES string of the molecule is c1ccc(-c2c3ccccc3c(-c3ccc(-c4ccc5c(c4)Oc4cccc6c4B5c4ccccc4O6)cc3)c3ccccc23)cc1.